The van der Waals surface area contributed by atoms with Crippen molar-refractivity contribution in [1.29, 1.82) is 0 Å². The molecule has 12 heavy (non-hydrogen) atoms. The molecular weight excluding hydrogens is 156 g/mol. The highest BCUT2D eigenvalue weighted by Crippen LogP contribution is 2.03. The number of anilines is 1. The van der Waals surface area contributed by atoms with Gasteiger partial charge in [0.15, 0.2) is 0 Å². The zero-order valence-electron chi connectivity index (χ0n) is 6.28. The van der Waals surface area contributed by atoms with E-state index >= 15 is 0 Å². The predicted octanol–water partition coefficient (Wildman–Crippen LogP) is 0.965. The average Bonchev–Trinajstić information content (AvgIpc) is 2.06. The Bertz CT molecular complexity index is 272. The number of carbonyl (C=O) groups excluding carboxylic acids is 2. The van der Waals surface area contributed by atoms with Gasteiger partial charge in [-0.15, -0.1) is 0 Å². The summed E-state index contributed by atoms with van der Waals surface area (Å²) in [4.78, 5) is 20.6. The second-order valence-corrected chi connectivity index (χ2v) is 2.08. The normalized spacial score (nSPS) is 8.67. The van der Waals surface area contributed by atoms with E-state index in [1.807, 2.05) is 11.4 Å². The number of rotatable bonds is 2. The van der Waals surface area contributed by atoms with Crippen LogP contribution in [0.4, 0.5) is 10.5 Å². The fourth-order valence-electron chi connectivity index (χ4n) is 0.742. The van der Waals surface area contributed by atoms with Crippen LogP contribution in [-0.2, 0) is 4.79 Å². The number of hydrogen-bond donors (Lipinski definition) is 2. The van der Waals surface area contributed by atoms with Crippen LogP contribution in [0.5, 0.6) is 0 Å². The quantitative estimate of drug-likeness (QED) is 0.640. The molecule has 0 unspecified atom stereocenters. The third-order valence-corrected chi connectivity index (χ3v) is 1.22. The molecule has 0 heterocycles. The molecule has 3 amide bonds. The van der Waals surface area contributed by atoms with E-state index in [-0.39, 0.29) is 0 Å². The topological polar surface area (TPSA) is 58.2 Å². The SMILES string of the molecule is O=CNC(=O)Nc1ccccc1. The van der Waals surface area contributed by atoms with Gasteiger partial charge in [-0.2, -0.15) is 0 Å². The van der Waals surface area contributed by atoms with Crippen LogP contribution in [0.1, 0.15) is 0 Å². The number of benzene rings is 1. The van der Waals surface area contributed by atoms with Crippen molar-refractivity contribution < 1.29 is 9.59 Å². The molecule has 2 N–H and O–H groups in total. The Hall–Kier alpha value is -1.84. The molecule has 0 aliphatic rings. The number of nitrogens with one attached hydrogen (secondary N) is 2. The van der Waals surface area contributed by atoms with E-state index in [0.717, 1.165) is 0 Å². The Balaban J connectivity index is 2.52. The van der Waals surface area contributed by atoms with Gasteiger partial charge >= 0.3 is 6.03 Å². The zero-order chi connectivity index (χ0) is 8.81. The van der Waals surface area contributed by atoms with Gasteiger partial charge in [-0.3, -0.25) is 10.1 Å². The highest BCUT2D eigenvalue weighted by molar-refractivity contribution is 5.95. The van der Waals surface area contributed by atoms with Crippen molar-refractivity contribution >= 4 is 18.1 Å². The summed E-state index contributed by atoms with van der Waals surface area (Å²) in [5, 5.41) is 4.42. The molecule has 0 fully saturated rings. The van der Waals surface area contributed by atoms with Crippen LogP contribution in [0, 0.1) is 0 Å². The van der Waals surface area contributed by atoms with Crippen LogP contribution in [-0.4, -0.2) is 12.4 Å². The Kier molecular flexibility index (Phi) is 2.84. The Morgan fingerprint density at radius 3 is 2.50 bits per heavy atom. The summed E-state index contributed by atoms with van der Waals surface area (Å²) in [5.74, 6) is 0. The third-order valence-electron chi connectivity index (χ3n) is 1.22. The first-order valence-electron chi connectivity index (χ1n) is 3.39. The van der Waals surface area contributed by atoms with Gasteiger partial charge in [-0.1, -0.05) is 18.2 Å². The maximum absolute atomic E-state index is 10.8. The van der Waals surface area contributed by atoms with Gasteiger partial charge in [0, 0.05) is 5.69 Å². The van der Waals surface area contributed by atoms with Crippen molar-refractivity contribution in [3.05, 3.63) is 30.3 Å². The summed E-state index contributed by atoms with van der Waals surface area (Å²) < 4.78 is 0. The number of urea groups is 1. The highest BCUT2D eigenvalue weighted by Gasteiger charge is 1.96. The molecule has 0 spiro atoms. The van der Waals surface area contributed by atoms with E-state index in [9.17, 15) is 9.59 Å². The monoisotopic (exact) mass is 164 g/mol. The maximum atomic E-state index is 10.8. The van der Waals surface area contributed by atoms with Gasteiger partial charge in [-0.25, -0.2) is 4.79 Å². The smallest absolute Gasteiger partial charge is 0.308 e. The van der Waals surface area contributed by atoms with Crippen molar-refractivity contribution in [2.24, 2.45) is 0 Å². The van der Waals surface area contributed by atoms with Crippen molar-refractivity contribution in [1.82, 2.24) is 5.32 Å². The highest BCUT2D eigenvalue weighted by atomic mass is 16.2. The summed E-state index contributed by atoms with van der Waals surface area (Å²) in [7, 11) is 0. The predicted molar refractivity (Wildman–Crippen MR) is 44.7 cm³/mol. The van der Waals surface area contributed by atoms with Gasteiger partial charge in [-0.05, 0) is 12.1 Å². The second kappa shape index (κ2) is 4.12. The van der Waals surface area contributed by atoms with E-state index in [1.165, 1.54) is 0 Å². The largest absolute Gasteiger partial charge is 0.325 e. The van der Waals surface area contributed by atoms with Crippen LogP contribution in [0.25, 0.3) is 0 Å². The Morgan fingerprint density at radius 2 is 1.92 bits per heavy atom. The van der Waals surface area contributed by atoms with Gasteiger partial charge < -0.3 is 5.32 Å². The Labute approximate surface area is 69.6 Å². The molecule has 1 aromatic rings. The first-order chi connectivity index (χ1) is 5.83. The number of amides is 3. The zero-order valence-corrected chi connectivity index (χ0v) is 6.28. The molecule has 0 bridgehead atoms. The molecule has 0 saturated carbocycles. The minimum absolute atomic E-state index is 0.332. The fourth-order valence-corrected chi connectivity index (χ4v) is 0.742. The van der Waals surface area contributed by atoms with Gasteiger partial charge in [0.05, 0.1) is 0 Å². The van der Waals surface area contributed by atoms with Crippen LogP contribution < -0.4 is 10.6 Å². The van der Waals surface area contributed by atoms with Crippen LogP contribution in [0.15, 0.2) is 30.3 Å². The molecule has 62 valence electrons. The van der Waals surface area contributed by atoms with Crippen molar-refractivity contribution in [2.45, 2.75) is 0 Å². The molecule has 1 aromatic carbocycles. The van der Waals surface area contributed by atoms with E-state index in [4.69, 9.17) is 0 Å². The Morgan fingerprint density at radius 1 is 1.25 bits per heavy atom. The molecular formula is C8H8N2O2. The second-order valence-electron chi connectivity index (χ2n) is 2.08. The lowest BCUT2D eigenvalue weighted by Gasteiger charge is -2.01. The van der Waals surface area contributed by atoms with E-state index in [1.54, 1.807) is 24.3 Å². The minimum atomic E-state index is -0.531. The molecule has 0 atom stereocenters. The van der Waals surface area contributed by atoms with E-state index < -0.39 is 6.03 Å². The fraction of sp³-hybridized carbons (Fsp3) is 0. The molecule has 0 aliphatic carbocycles. The summed E-state index contributed by atoms with van der Waals surface area (Å²) in [5.41, 5.74) is 0.650. The molecule has 1 rings (SSSR count). The number of imide groups is 1. The first-order valence-corrected chi connectivity index (χ1v) is 3.39. The van der Waals surface area contributed by atoms with Crippen LogP contribution >= 0.6 is 0 Å². The molecule has 0 aliphatic heterocycles. The summed E-state index contributed by atoms with van der Waals surface area (Å²) in [6.07, 6.45) is 0.332. The standard InChI is InChI=1S/C8H8N2O2/c11-6-9-8(12)10-7-4-2-1-3-5-7/h1-6H,(H2,9,10,11,12). The summed E-state index contributed by atoms with van der Waals surface area (Å²) in [6.45, 7) is 0. The number of carbonyl (C=O) groups is 2. The molecule has 4 heteroatoms. The van der Waals surface area contributed by atoms with Gasteiger partial charge in [0.1, 0.15) is 0 Å². The third kappa shape index (κ3) is 2.42. The lowest BCUT2D eigenvalue weighted by Crippen LogP contribution is -2.26. The maximum Gasteiger partial charge on any atom is 0.325 e. The van der Waals surface area contributed by atoms with Gasteiger partial charge in [0.2, 0.25) is 6.41 Å². The molecule has 0 saturated heterocycles. The minimum Gasteiger partial charge on any atom is -0.308 e. The lowest BCUT2D eigenvalue weighted by molar-refractivity contribution is -0.108. The molecule has 0 aromatic heterocycles. The van der Waals surface area contributed by atoms with E-state index in [0.29, 0.717) is 12.1 Å². The van der Waals surface area contributed by atoms with Crippen molar-refractivity contribution in [3.63, 3.8) is 0 Å². The lowest BCUT2D eigenvalue weighted by atomic mass is 10.3. The van der Waals surface area contributed by atoms with Crippen LogP contribution in [0.2, 0.25) is 0 Å². The molecule has 4 nitrogen and oxygen atoms in total. The molecule has 0 radical (unpaired) electrons. The average molecular weight is 164 g/mol. The summed E-state index contributed by atoms with van der Waals surface area (Å²) in [6, 6.07) is 8.33. The summed E-state index contributed by atoms with van der Waals surface area (Å²) >= 11 is 0. The number of para-hydroxylation sites is 1. The van der Waals surface area contributed by atoms with Crippen molar-refractivity contribution in [3.8, 4) is 0 Å². The van der Waals surface area contributed by atoms with Gasteiger partial charge in [0.25, 0.3) is 0 Å². The number of hydrogen-bond acceptors (Lipinski definition) is 2. The van der Waals surface area contributed by atoms with E-state index in [2.05, 4.69) is 5.32 Å². The van der Waals surface area contributed by atoms with Crippen molar-refractivity contribution in [2.75, 3.05) is 5.32 Å². The van der Waals surface area contributed by atoms with Crippen LogP contribution in [0.3, 0.4) is 0 Å². The first kappa shape index (κ1) is 8.26.